The highest BCUT2D eigenvalue weighted by Gasteiger charge is 2.14. The molecule has 1 aliphatic heterocycles. The number of benzene rings is 1. The van der Waals surface area contributed by atoms with Gasteiger partial charge in [0.15, 0.2) is 0 Å². The Hall–Kier alpha value is -1.68. The quantitative estimate of drug-likeness (QED) is 0.485. The van der Waals surface area contributed by atoms with E-state index in [2.05, 4.69) is 5.32 Å². The van der Waals surface area contributed by atoms with Crippen molar-refractivity contribution < 1.29 is 18.3 Å². The van der Waals surface area contributed by atoms with Gasteiger partial charge in [0.1, 0.15) is 6.04 Å². The average Bonchev–Trinajstić information content (AvgIpc) is 3.05. The number of hydrogen-bond acceptors (Lipinski definition) is 6. The molecule has 8 N–H and O–H groups in total. The van der Waals surface area contributed by atoms with Gasteiger partial charge < -0.3 is 21.9 Å². The largest absolute Gasteiger partial charge is 0.480 e. The number of carboxylic acids is 1. The number of nitrogen functional groups attached to an aromatic ring is 1. The lowest BCUT2D eigenvalue weighted by Crippen LogP contribution is -2.34. The van der Waals surface area contributed by atoms with Crippen molar-refractivity contribution in [1.29, 1.82) is 0 Å². The third-order valence-corrected chi connectivity index (χ3v) is 4.10. The summed E-state index contributed by atoms with van der Waals surface area (Å²) in [5, 5.41) is 16.3. The van der Waals surface area contributed by atoms with Crippen LogP contribution in [-0.2, 0) is 14.8 Å². The molecular formula is C15H28N4O4S. The summed E-state index contributed by atoms with van der Waals surface area (Å²) in [7, 11) is -3.58. The number of rotatable bonds is 3. The molecular weight excluding hydrogens is 332 g/mol. The number of sulfonamides is 1. The summed E-state index contributed by atoms with van der Waals surface area (Å²) in [5.41, 5.74) is 11.0. The predicted molar refractivity (Wildman–Crippen MR) is 94.8 cm³/mol. The third-order valence-electron chi connectivity index (χ3n) is 3.17. The molecule has 0 spiro atoms. The Morgan fingerprint density at radius 3 is 1.83 bits per heavy atom. The van der Waals surface area contributed by atoms with Crippen LogP contribution in [-0.4, -0.2) is 38.6 Å². The maximum absolute atomic E-state index is 10.7. The highest BCUT2D eigenvalue weighted by atomic mass is 32.2. The number of nitrogens with two attached hydrogens (primary N) is 3. The predicted octanol–water partition coefficient (Wildman–Crippen LogP) is 0.340. The summed E-state index contributed by atoms with van der Waals surface area (Å²) in [6.07, 6.45) is 2.78. The van der Waals surface area contributed by atoms with E-state index in [0.29, 0.717) is 5.69 Å². The fraction of sp³-hybridized carbons (Fsp3) is 0.533. The van der Waals surface area contributed by atoms with Crippen molar-refractivity contribution in [3.05, 3.63) is 24.3 Å². The van der Waals surface area contributed by atoms with Crippen LogP contribution in [0.15, 0.2) is 29.2 Å². The van der Waals surface area contributed by atoms with Gasteiger partial charge in [-0.3, -0.25) is 4.79 Å². The van der Waals surface area contributed by atoms with Gasteiger partial charge in [-0.25, -0.2) is 13.6 Å². The van der Waals surface area contributed by atoms with Gasteiger partial charge >= 0.3 is 5.97 Å². The summed E-state index contributed by atoms with van der Waals surface area (Å²) in [6, 6.07) is 4.99. The molecule has 138 valence electrons. The second kappa shape index (κ2) is 11.0. The molecule has 0 saturated carbocycles. The first kappa shape index (κ1) is 22.3. The summed E-state index contributed by atoms with van der Waals surface area (Å²) in [6.45, 7) is 6.05. The Morgan fingerprint density at radius 1 is 1.17 bits per heavy atom. The Balaban J connectivity index is 0.000000356. The van der Waals surface area contributed by atoms with E-state index in [1.165, 1.54) is 50.2 Å². The van der Waals surface area contributed by atoms with Crippen LogP contribution >= 0.6 is 0 Å². The Morgan fingerprint density at radius 2 is 1.62 bits per heavy atom. The number of carboxylic acid groups (broad SMARTS) is 1. The van der Waals surface area contributed by atoms with Crippen molar-refractivity contribution in [2.24, 2.45) is 16.8 Å². The molecule has 0 radical (unpaired) electrons. The molecule has 8 nitrogen and oxygen atoms in total. The van der Waals surface area contributed by atoms with Gasteiger partial charge in [0, 0.05) is 5.69 Å². The van der Waals surface area contributed by atoms with Crippen molar-refractivity contribution in [3.8, 4) is 0 Å². The molecule has 1 aromatic rings. The maximum Gasteiger partial charge on any atom is 0.320 e. The summed E-state index contributed by atoms with van der Waals surface area (Å²) < 4.78 is 21.4. The molecule has 1 aliphatic rings. The SMILES string of the molecule is C1CCNC1.CC(C)[C@H](N)C(=O)O.Nc1ccc(S(N)(=O)=O)cc1. The molecule has 1 saturated heterocycles. The van der Waals surface area contributed by atoms with E-state index in [4.69, 9.17) is 21.7 Å². The van der Waals surface area contributed by atoms with Crippen LogP contribution in [0, 0.1) is 5.92 Å². The van der Waals surface area contributed by atoms with E-state index >= 15 is 0 Å². The Labute approximate surface area is 143 Å². The van der Waals surface area contributed by atoms with E-state index in [1.54, 1.807) is 13.8 Å². The van der Waals surface area contributed by atoms with Crippen LogP contribution in [0.2, 0.25) is 0 Å². The van der Waals surface area contributed by atoms with E-state index in [1.807, 2.05) is 0 Å². The Kier molecular flexibility index (Phi) is 10.2. The number of carbonyl (C=O) groups is 1. The van der Waals surface area contributed by atoms with Crippen LogP contribution in [0.1, 0.15) is 26.7 Å². The van der Waals surface area contributed by atoms with Crippen LogP contribution in [0.3, 0.4) is 0 Å². The molecule has 1 fully saturated rings. The molecule has 0 amide bonds. The van der Waals surface area contributed by atoms with Gasteiger partial charge in [0.2, 0.25) is 10.0 Å². The second-order valence-electron chi connectivity index (χ2n) is 5.68. The van der Waals surface area contributed by atoms with Crippen LogP contribution in [0.25, 0.3) is 0 Å². The van der Waals surface area contributed by atoms with Crippen LogP contribution < -0.4 is 21.9 Å². The van der Waals surface area contributed by atoms with Gasteiger partial charge in [0.25, 0.3) is 0 Å². The minimum atomic E-state index is -3.58. The van der Waals surface area contributed by atoms with Crippen molar-refractivity contribution in [2.45, 2.75) is 37.6 Å². The van der Waals surface area contributed by atoms with E-state index in [9.17, 15) is 13.2 Å². The zero-order valence-corrected chi connectivity index (χ0v) is 14.9. The first-order chi connectivity index (χ1) is 11.1. The number of nitrogens with one attached hydrogen (secondary N) is 1. The normalized spacial score (nSPS) is 14.9. The lowest BCUT2D eigenvalue weighted by molar-refractivity contribution is -0.139. The molecule has 0 unspecified atom stereocenters. The number of hydrogen-bond donors (Lipinski definition) is 5. The van der Waals surface area contributed by atoms with Crippen molar-refractivity contribution in [3.63, 3.8) is 0 Å². The molecule has 0 aliphatic carbocycles. The highest BCUT2D eigenvalue weighted by molar-refractivity contribution is 7.89. The van der Waals surface area contributed by atoms with Gasteiger partial charge in [-0.2, -0.15) is 0 Å². The monoisotopic (exact) mass is 360 g/mol. The van der Waals surface area contributed by atoms with Crippen molar-refractivity contribution >= 4 is 21.7 Å². The van der Waals surface area contributed by atoms with E-state index in [-0.39, 0.29) is 10.8 Å². The smallest absolute Gasteiger partial charge is 0.320 e. The third kappa shape index (κ3) is 10.2. The molecule has 9 heteroatoms. The standard InChI is InChI=1S/C6H8N2O2S.C5H11NO2.C4H9N/c7-5-1-3-6(4-2-5)11(8,9)10;1-3(2)4(6)5(7)8;1-2-4-5-3-1/h1-4H,7H2,(H2,8,9,10);3-4H,6H2,1-2H3,(H,7,8);5H,1-4H2/t;4-;/m.0./s1. The van der Waals surface area contributed by atoms with Crippen molar-refractivity contribution in [2.75, 3.05) is 18.8 Å². The van der Waals surface area contributed by atoms with Gasteiger partial charge in [0.05, 0.1) is 4.90 Å². The molecule has 1 atom stereocenters. The molecule has 2 rings (SSSR count). The first-order valence-corrected chi connectivity index (χ1v) is 9.17. The summed E-state index contributed by atoms with van der Waals surface area (Å²) in [4.78, 5) is 10.1. The van der Waals surface area contributed by atoms with Gasteiger partial charge in [-0.05, 0) is 56.1 Å². The van der Waals surface area contributed by atoms with Crippen molar-refractivity contribution in [1.82, 2.24) is 5.32 Å². The summed E-state index contributed by atoms with van der Waals surface area (Å²) >= 11 is 0. The zero-order valence-electron chi connectivity index (χ0n) is 14.1. The van der Waals surface area contributed by atoms with Crippen LogP contribution in [0.5, 0.6) is 0 Å². The first-order valence-electron chi connectivity index (χ1n) is 7.63. The lowest BCUT2D eigenvalue weighted by Gasteiger charge is -2.07. The molecule has 0 aromatic heterocycles. The fourth-order valence-electron chi connectivity index (χ4n) is 1.57. The minimum Gasteiger partial charge on any atom is -0.480 e. The average molecular weight is 360 g/mol. The maximum atomic E-state index is 10.7. The highest BCUT2D eigenvalue weighted by Crippen LogP contribution is 2.08. The topological polar surface area (TPSA) is 162 Å². The molecule has 1 aromatic carbocycles. The number of anilines is 1. The Bertz CT molecular complexity index is 576. The zero-order chi connectivity index (χ0) is 18.8. The van der Waals surface area contributed by atoms with Crippen LogP contribution in [0.4, 0.5) is 5.69 Å². The van der Waals surface area contributed by atoms with Gasteiger partial charge in [-0.1, -0.05) is 13.8 Å². The molecule has 1 heterocycles. The molecule has 24 heavy (non-hydrogen) atoms. The van der Waals surface area contributed by atoms with E-state index < -0.39 is 22.0 Å². The van der Waals surface area contributed by atoms with Gasteiger partial charge in [-0.15, -0.1) is 0 Å². The minimum absolute atomic E-state index is 0.0208. The second-order valence-corrected chi connectivity index (χ2v) is 7.24. The number of aliphatic carboxylic acids is 1. The lowest BCUT2D eigenvalue weighted by atomic mass is 10.1. The fourth-order valence-corrected chi connectivity index (χ4v) is 2.08. The summed E-state index contributed by atoms with van der Waals surface area (Å²) in [5.74, 6) is -0.910. The molecule has 0 bridgehead atoms. The van der Waals surface area contributed by atoms with E-state index in [0.717, 1.165) is 0 Å². The number of primary sulfonamides is 1.